The molecule has 1 N–H and O–H groups in total. The van der Waals surface area contributed by atoms with Gasteiger partial charge in [-0.2, -0.15) is 0 Å². The van der Waals surface area contributed by atoms with E-state index in [9.17, 15) is 24.5 Å². The lowest BCUT2D eigenvalue weighted by molar-refractivity contribution is -0.384. The summed E-state index contributed by atoms with van der Waals surface area (Å²) in [6.45, 7) is 2.17. The molecular weight excluding hydrogens is 436 g/mol. The fourth-order valence-electron chi connectivity index (χ4n) is 3.03. The van der Waals surface area contributed by atoms with Crippen LogP contribution in [0.15, 0.2) is 36.4 Å². The van der Waals surface area contributed by atoms with E-state index >= 15 is 0 Å². The van der Waals surface area contributed by atoms with E-state index in [1.165, 1.54) is 26.2 Å². The van der Waals surface area contributed by atoms with Crippen molar-refractivity contribution in [2.75, 3.05) is 25.6 Å². The van der Waals surface area contributed by atoms with E-state index in [-0.39, 0.29) is 35.7 Å². The van der Waals surface area contributed by atoms with Crippen LogP contribution in [0.2, 0.25) is 0 Å². The van der Waals surface area contributed by atoms with Gasteiger partial charge in [-0.05, 0) is 31.2 Å². The van der Waals surface area contributed by atoms with E-state index in [4.69, 9.17) is 18.9 Å². The minimum atomic E-state index is -1.20. The molecule has 0 saturated carbocycles. The van der Waals surface area contributed by atoms with Gasteiger partial charge in [0.1, 0.15) is 19.0 Å². The van der Waals surface area contributed by atoms with Gasteiger partial charge in [0.05, 0.1) is 24.1 Å². The van der Waals surface area contributed by atoms with Crippen molar-refractivity contribution in [1.29, 1.82) is 0 Å². The zero-order valence-corrected chi connectivity index (χ0v) is 18.0. The summed E-state index contributed by atoms with van der Waals surface area (Å²) in [6, 6.07) is 8.49. The van der Waals surface area contributed by atoms with Gasteiger partial charge in [-0.15, -0.1) is 0 Å². The number of nitrogens with one attached hydrogen (secondary N) is 1. The molecule has 1 amide bonds. The number of hydrogen-bond acceptors (Lipinski definition) is 9. The molecule has 1 heterocycles. The van der Waals surface area contributed by atoms with Gasteiger partial charge in [-0.1, -0.05) is 0 Å². The SMILES string of the molecule is COc1ccc([N+](=O)[O-])cc1NC(=O)C(C)OC(=O)CCC(=O)c1ccc2c(c1)OCCO2. The minimum absolute atomic E-state index is 0.0633. The number of esters is 1. The van der Waals surface area contributed by atoms with Gasteiger partial charge in [-0.3, -0.25) is 24.5 Å². The number of nitrogens with zero attached hydrogens (tertiary/aromatic N) is 1. The molecule has 2 aromatic carbocycles. The number of amides is 1. The summed E-state index contributed by atoms with van der Waals surface area (Å²) in [5, 5.41) is 13.4. The van der Waals surface area contributed by atoms with Crippen LogP contribution in [-0.2, 0) is 14.3 Å². The summed E-state index contributed by atoms with van der Waals surface area (Å²) < 4.78 is 21.0. The van der Waals surface area contributed by atoms with Gasteiger partial charge in [0.2, 0.25) is 0 Å². The topological polar surface area (TPSA) is 143 Å². The number of methoxy groups -OCH3 is 1. The van der Waals surface area contributed by atoms with Crippen LogP contribution in [0.5, 0.6) is 17.2 Å². The molecule has 11 heteroatoms. The highest BCUT2D eigenvalue weighted by molar-refractivity contribution is 5.99. The molecule has 2 aromatic rings. The molecule has 0 fully saturated rings. The first-order chi connectivity index (χ1) is 15.8. The molecule has 0 aliphatic carbocycles. The average molecular weight is 458 g/mol. The van der Waals surface area contributed by atoms with Crippen LogP contribution in [0.1, 0.15) is 30.1 Å². The Hall–Kier alpha value is -4.15. The molecule has 3 rings (SSSR count). The number of anilines is 1. The number of Topliss-reactive ketones (excluding diaryl/α,β-unsaturated/α-hetero) is 1. The standard InChI is InChI=1S/C22H22N2O9/c1-13(22(27)23-16-12-15(24(28)29)4-7-18(16)30-2)33-21(26)8-5-17(25)14-3-6-19-20(11-14)32-10-9-31-19/h3-4,6-7,11-13H,5,8-10H2,1-2H3,(H,23,27). The van der Waals surface area contributed by atoms with Gasteiger partial charge >= 0.3 is 5.97 Å². The second-order valence-corrected chi connectivity index (χ2v) is 7.04. The van der Waals surface area contributed by atoms with Gasteiger partial charge in [0, 0.05) is 24.1 Å². The Balaban J connectivity index is 1.53. The Morgan fingerprint density at radius 1 is 1.09 bits per heavy atom. The predicted molar refractivity (Wildman–Crippen MR) is 115 cm³/mol. The van der Waals surface area contributed by atoms with Crippen molar-refractivity contribution in [3.05, 3.63) is 52.1 Å². The number of ether oxygens (including phenoxy) is 4. The van der Waals surface area contributed by atoms with Crippen molar-refractivity contribution in [2.45, 2.75) is 25.9 Å². The Morgan fingerprint density at radius 3 is 2.52 bits per heavy atom. The van der Waals surface area contributed by atoms with Gasteiger partial charge in [-0.25, -0.2) is 0 Å². The van der Waals surface area contributed by atoms with E-state index in [1.807, 2.05) is 0 Å². The van der Waals surface area contributed by atoms with Crippen molar-refractivity contribution in [3.63, 3.8) is 0 Å². The quantitative estimate of drug-likeness (QED) is 0.260. The second kappa shape index (κ2) is 10.4. The minimum Gasteiger partial charge on any atom is -0.495 e. The fourth-order valence-corrected chi connectivity index (χ4v) is 3.03. The van der Waals surface area contributed by atoms with Crippen molar-refractivity contribution in [3.8, 4) is 17.2 Å². The maximum atomic E-state index is 12.4. The Morgan fingerprint density at radius 2 is 1.82 bits per heavy atom. The molecule has 0 spiro atoms. The van der Waals surface area contributed by atoms with Crippen LogP contribution in [0.4, 0.5) is 11.4 Å². The molecule has 1 aliphatic rings. The highest BCUT2D eigenvalue weighted by Gasteiger charge is 2.22. The van der Waals surface area contributed by atoms with Crippen molar-refractivity contribution < 1.29 is 38.3 Å². The number of ketones is 1. The molecule has 0 bridgehead atoms. The molecular formula is C22H22N2O9. The van der Waals surface area contributed by atoms with E-state index in [1.54, 1.807) is 18.2 Å². The van der Waals surface area contributed by atoms with Gasteiger partial charge < -0.3 is 24.3 Å². The number of benzene rings is 2. The van der Waals surface area contributed by atoms with E-state index in [0.29, 0.717) is 30.3 Å². The third-order valence-electron chi connectivity index (χ3n) is 4.75. The number of nitro groups is 1. The molecule has 0 aromatic heterocycles. The summed E-state index contributed by atoms with van der Waals surface area (Å²) in [5.41, 5.74) is 0.192. The molecule has 33 heavy (non-hydrogen) atoms. The Kier molecular flexibility index (Phi) is 7.44. The lowest BCUT2D eigenvalue weighted by Gasteiger charge is -2.18. The van der Waals surface area contributed by atoms with Gasteiger partial charge in [0.25, 0.3) is 11.6 Å². The van der Waals surface area contributed by atoms with Crippen LogP contribution in [-0.4, -0.2) is 49.0 Å². The largest absolute Gasteiger partial charge is 0.495 e. The molecule has 174 valence electrons. The third kappa shape index (κ3) is 5.97. The molecule has 0 saturated heterocycles. The molecule has 11 nitrogen and oxygen atoms in total. The average Bonchev–Trinajstić information content (AvgIpc) is 2.81. The van der Waals surface area contributed by atoms with Gasteiger partial charge in [0.15, 0.2) is 23.4 Å². The smallest absolute Gasteiger partial charge is 0.307 e. The van der Waals surface area contributed by atoms with E-state index in [0.717, 1.165) is 6.07 Å². The van der Waals surface area contributed by atoms with Crippen molar-refractivity contribution in [1.82, 2.24) is 0 Å². The zero-order valence-electron chi connectivity index (χ0n) is 18.0. The number of hydrogen-bond donors (Lipinski definition) is 1. The molecule has 1 aliphatic heterocycles. The van der Waals surface area contributed by atoms with E-state index < -0.39 is 22.9 Å². The fraction of sp³-hybridized carbons (Fsp3) is 0.318. The molecule has 0 radical (unpaired) electrons. The number of rotatable bonds is 9. The summed E-state index contributed by atoms with van der Waals surface area (Å²) in [4.78, 5) is 47.3. The lowest BCUT2D eigenvalue weighted by Crippen LogP contribution is -2.30. The molecule has 1 unspecified atom stereocenters. The second-order valence-electron chi connectivity index (χ2n) is 7.04. The van der Waals surface area contributed by atoms with Crippen LogP contribution >= 0.6 is 0 Å². The third-order valence-corrected chi connectivity index (χ3v) is 4.75. The highest BCUT2D eigenvalue weighted by atomic mass is 16.6. The monoisotopic (exact) mass is 458 g/mol. The van der Waals surface area contributed by atoms with Crippen LogP contribution in [0.25, 0.3) is 0 Å². The number of carbonyl (C=O) groups is 3. The lowest BCUT2D eigenvalue weighted by atomic mass is 10.1. The first kappa shape index (κ1) is 23.5. The zero-order chi connectivity index (χ0) is 24.0. The first-order valence-electron chi connectivity index (χ1n) is 10.0. The summed E-state index contributed by atoms with van der Waals surface area (Å²) in [6.07, 6.45) is -1.55. The molecule has 1 atom stereocenters. The summed E-state index contributed by atoms with van der Waals surface area (Å²) in [7, 11) is 1.35. The summed E-state index contributed by atoms with van der Waals surface area (Å²) >= 11 is 0. The first-order valence-corrected chi connectivity index (χ1v) is 10.0. The van der Waals surface area contributed by atoms with Crippen molar-refractivity contribution in [2.24, 2.45) is 0 Å². The van der Waals surface area contributed by atoms with Crippen LogP contribution < -0.4 is 19.5 Å². The Bertz CT molecular complexity index is 1080. The Labute approximate surface area is 188 Å². The number of fused-ring (bicyclic) bond motifs is 1. The van der Waals surface area contributed by atoms with Crippen LogP contribution in [0, 0.1) is 10.1 Å². The normalized spacial score (nSPS) is 12.9. The maximum absolute atomic E-state index is 12.4. The predicted octanol–water partition coefficient (Wildman–Crippen LogP) is 2.91. The highest BCUT2D eigenvalue weighted by Crippen LogP contribution is 2.31. The summed E-state index contributed by atoms with van der Waals surface area (Å²) in [5.74, 6) is -0.510. The van der Waals surface area contributed by atoms with Crippen molar-refractivity contribution >= 4 is 29.0 Å². The number of carbonyl (C=O) groups excluding carboxylic acids is 3. The number of nitro benzene ring substituents is 1. The maximum Gasteiger partial charge on any atom is 0.307 e. The van der Waals surface area contributed by atoms with E-state index in [2.05, 4.69) is 5.32 Å². The number of non-ortho nitro benzene ring substituents is 1. The van der Waals surface area contributed by atoms with Crippen LogP contribution in [0.3, 0.4) is 0 Å².